The lowest BCUT2D eigenvalue weighted by molar-refractivity contribution is -0.129. The number of carbonyl (C=O) groups excluding carboxylic acids is 2. The zero-order chi connectivity index (χ0) is 21.0. The molecule has 154 valence electrons. The van der Waals surface area contributed by atoms with Crippen LogP contribution >= 0.6 is 11.6 Å². The molecule has 1 N–H and O–H groups in total. The molecular formula is C20H22ClN3O4S. The standard InChI is InChI=1S/C20H22ClN3O4S/c1-15(25)23-8-10-24(11-9-23)29(27,28)19-7-3-5-17(13-19)20(26)22-14-16-4-2-6-18(21)12-16/h2-7,12-13H,8-11,14H2,1H3,(H,22,26). The molecule has 1 fully saturated rings. The van der Waals surface area contributed by atoms with E-state index in [0.29, 0.717) is 18.1 Å². The van der Waals surface area contributed by atoms with Gasteiger partial charge >= 0.3 is 0 Å². The van der Waals surface area contributed by atoms with E-state index in [4.69, 9.17) is 11.6 Å². The molecule has 0 unspecified atom stereocenters. The van der Waals surface area contributed by atoms with Crippen molar-refractivity contribution in [3.8, 4) is 0 Å². The third kappa shape index (κ3) is 5.14. The summed E-state index contributed by atoms with van der Waals surface area (Å²) in [4.78, 5) is 25.6. The van der Waals surface area contributed by atoms with Crippen LogP contribution in [0.25, 0.3) is 0 Å². The Balaban J connectivity index is 1.69. The van der Waals surface area contributed by atoms with Gasteiger partial charge in [0.15, 0.2) is 0 Å². The molecule has 1 aliphatic heterocycles. The number of amides is 2. The Hall–Kier alpha value is -2.42. The molecule has 0 radical (unpaired) electrons. The minimum Gasteiger partial charge on any atom is -0.348 e. The predicted molar refractivity (Wildman–Crippen MR) is 110 cm³/mol. The molecule has 2 amide bonds. The van der Waals surface area contributed by atoms with Gasteiger partial charge in [-0.25, -0.2) is 8.42 Å². The lowest BCUT2D eigenvalue weighted by Gasteiger charge is -2.33. The highest BCUT2D eigenvalue weighted by atomic mass is 35.5. The highest BCUT2D eigenvalue weighted by Gasteiger charge is 2.29. The molecule has 1 saturated heterocycles. The summed E-state index contributed by atoms with van der Waals surface area (Å²) in [7, 11) is -3.74. The van der Waals surface area contributed by atoms with Crippen molar-refractivity contribution in [1.82, 2.24) is 14.5 Å². The molecule has 2 aromatic rings. The van der Waals surface area contributed by atoms with E-state index in [1.54, 1.807) is 35.2 Å². The Morgan fingerprint density at radius 2 is 1.72 bits per heavy atom. The summed E-state index contributed by atoms with van der Waals surface area (Å²) in [6.07, 6.45) is 0. The number of carbonyl (C=O) groups is 2. The van der Waals surface area contributed by atoms with Crippen LogP contribution in [-0.4, -0.2) is 55.6 Å². The van der Waals surface area contributed by atoms with Crippen LogP contribution in [-0.2, 0) is 21.4 Å². The van der Waals surface area contributed by atoms with E-state index in [0.717, 1.165) is 5.56 Å². The number of nitrogens with zero attached hydrogens (tertiary/aromatic N) is 2. The maximum absolute atomic E-state index is 12.9. The van der Waals surface area contributed by atoms with Crippen LogP contribution < -0.4 is 5.32 Å². The van der Waals surface area contributed by atoms with Crippen molar-refractivity contribution in [3.63, 3.8) is 0 Å². The van der Waals surface area contributed by atoms with Crippen molar-refractivity contribution < 1.29 is 18.0 Å². The van der Waals surface area contributed by atoms with Crippen molar-refractivity contribution in [3.05, 3.63) is 64.7 Å². The Bertz CT molecular complexity index is 1020. The van der Waals surface area contributed by atoms with Gasteiger partial charge in [0.25, 0.3) is 5.91 Å². The van der Waals surface area contributed by atoms with Gasteiger partial charge in [-0.1, -0.05) is 29.8 Å². The average molecular weight is 436 g/mol. The van der Waals surface area contributed by atoms with E-state index in [-0.39, 0.29) is 41.9 Å². The van der Waals surface area contributed by atoms with Crippen molar-refractivity contribution >= 4 is 33.4 Å². The average Bonchev–Trinajstić information content (AvgIpc) is 2.72. The van der Waals surface area contributed by atoms with E-state index in [1.807, 2.05) is 6.07 Å². The van der Waals surface area contributed by atoms with Gasteiger partial charge in [-0.3, -0.25) is 9.59 Å². The Labute approximate surface area is 175 Å². The molecule has 0 aliphatic carbocycles. The summed E-state index contributed by atoms with van der Waals surface area (Å²) < 4.78 is 27.2. The zero-order valence-electron chi connectivity index (χ0n) is 16.0. The molecule has 0 aromatic heterocycles. The fourth-order valence-electron chi connectivity index (χ4n) is 3.12. The molecule has 0 spiro atoms. The molecular weight excluding hydrogens is 414 g/mol. The fourth-order valence-corrected chi connectivity index (χ4v) is 4.80. The van der Waals surface area contributed by atoms with Crippen molar-refractivity contribution in [2.45, 2.75) is 18.4 Å². The van der Waals surface area contributed by atoms with Crippen molar-refractivity contribution in [2.24, 2.45) is 0 Å². The summed E-state index contributed by atoms with van der Waals surface area (Å²) in [6, 6.07) is 13.1. The number of nitrogens with one attached hydrogen (secondary N) is 1. The fraction of sp³-hybridized carbons (Fsp3) is 0.300. The van der Waals surface area contributed by atoms with Gasteiger partial charge in [0.2, 0.25) is 15.9 Å². The number of rotatable bonds is 5. The maximum Gasteiger partial charge on any atom is 0.251 e. The minimum absolute atomic E-state index is 0.0594. The van der Waals surface area contributed by atoms with Gasteiger partial charge in [0.05, 0.1) is 4.90 Å². The van der Waals surface area contributed by atoms with Crippen LogP contribution in [0.4, 0.5) is 0 Å². The normalized spacial score (nSPS) is 15.2. The van der Waals surface area contributed by atoms with Gasteiger partial charge in [0, 0.05) is 50.2 Å². The van der Waals surface area contributed by atoms with E-state index < -0.39 is 10.0 Å². The second kappa shape index (κ2) is 8.94. The molecule has 1 aliphatic rings. The predicted octanol–water partition coefficient (Wildman–Crippen LogP) is 2.12. The third-order valence-corrected chi connectivity index (χ3v) is 6.89. The van der Waals surface area contributed by atoms with Crippen molar-refractivity contribution in [1.29, 1.82) is 0 Å². The molecule has 0 saturated carbocycles. The Morgan fingerprint density at radius 1 is 1.03 bits per heavy atom. The van der Waals surface area contributed by atoms with E-state index in [9.17, 15) is 18.0 Å². The topological polar surface area (TPSA) is 86.8 Å². The van der Waals surface area contributed by atoms with Crippen LogP contribution in [0.1, 0.15) is 22.8 Å². The molecule has 0 bridgehead atoms. The lowest BCUT2D eigenvalue weighted by Crippen LogP contribution is -2.49. The van der Waals surface area contributed by atoms with E-state index in [2.05, 4.69) is 5.32 Å². The van der Waals surface area contributed by atoms with E-state index >= 15 is 0 Å². The summed E-state index contributed by atoms with van der Waals surface area (Å²) in [5.41, 5.74) is 1.11. The quantitative estimate of drug-likeness (QED) is 0.779. The monoisotopic (exact) mass is 435 g/mol. The number of piperazine rings is 1. The number of hydrogen-bond donors (Lipinski definition) is 1. The Morgan fingerprint density at radius 3 is 2.38 bits per heavy atom. The largest absolute Gasteiger partial charge is 0.348 e. The molecule has 1 heterocycles. The van der Waals surface area contributed by atoms with Crippen LogP contribution in [0.5, 0.6) is 0 Å². The Kier molecular flexibility index (Phi) is 6.56. The summed E-state index contributed by atoms with van der Waals surface area (Å²) in [6.45, 7) is 2.92. The van der Waals surface area contributed by atoms with Crippen LogP contribution in [0.2, 0.25) is 5.02 Å². The summed E-state index contributed by atoms with van der Waals surface area (Å²) in [5, 5.41) is 3.35. The zero-order valence-corrected chi connectivity index (χ0v) is 17.5. The molecule has 2 aromatic carbocycles. The maximum atomic E-state index is 12.9. The second-order valence-corrected chi connectivity index (χ2v) is 9.12. The highest BCUT2D eigenvalue weighted by Crippen LogP contribution is 2.19. The first-order valence-corrected chi connectivity index (χ1v) is 11.0. The second-order valence-electron chi connectivity index (χ2n) is 6.75. The third-order valence-electron chi connectivity index (χ3n) is 4.76. The summed E-state index contributed by atoms with van der Waals surface area (Å²) in [5.74, 6) is -0.441. The van der Waals surface area contributed by atoms with Crippen molar-refractivity contribution in [2.75, 3.05) is 26.2 Å². The van der Waals surface area contributed by atoms with Crippen LogP contribution in [0.15, 0.2) is 53.4 Å². The van der Waals surface area contributed by atoms with Gasteiger partial charge in [0.1, 0.15) is 0 Å². The van der Waals surface area contributed by atoms with E-state index in [1.165, 1.54) is 23.4 Å². The smallest absolute Gasteiger partial charge is 0.251 e. The number of benzene rings is 2. The van der Waals surface area contributed by atoms with Gasteiger partial charge in [-0.05, 0) is 35.9 Å². The van der Waals surface area contributed by atoms with Gasteiger partial charge < -0.3 is 10.2 Å². The molecule has 7 nitrogen and oxygen atoms in total. The first kappa shape index (κ1) is 21.3. The number of sulfonamides is 1. The lowest BCUT2D eigenvalue weighted by atomic mass is 10.2. The molecule has 9 heteroatoms. The molecule has 0 atom stereocenters. The van der Waals surface area contributed by atoms with Crippen LogP contribution in [0, 0.1) is 0 Å². The minimum atomic E-state index is -3.74. The van der Waals surface area contributed by atoms with Gasteiger partial charge in [-0.15, -0.1) is 0 Å². The SMILES string of the molecule is CC(=O)N1CCN(S(=O)(=O)c2cccc(C(=O)NCc3cccc(Cl)c3)c2)CC1. The molecule has 29 heavy (non-hydrogen) atoms. The highest BCUT2D eigenvalue weighted by molar-refractivity contribution is 7.89. The summed E-state index contributed by atoms with van der Waals surface area (Å²) >= 11 is 5.94. The molecule has 3 rings (SSSR count). The first-order chi connectivity index (χ1) is 13.8. The number of halogens is 1. The van der Waals surface area contributed by atoms with Crippen LogP contribution in [0.3, 0.4) is 0 Å². The van der Waals surface area contributed by atoms with Gasteiger partial charge in [-0.2, -0.15) is 4.31 Å². The first-order valence-electron chi connectivity index (χ1n) is 9.16. The number of hydrogen-bond acceptors (Lipinski definition) is 4.